The number of hydrogen-bond donors (Lipinski definition) is 1. The maximum Gasteiger partial charge on any atom is 0.440 e. The topological polar surface area (TPSA) is 59.0 Å². The Morgan fingerprint density at radius 3 is 2.71 bits per heavy atom. The van der Waals surface area contributed by atoms with Crippen molar-refractivity contribution < 1.29 is 19.5 Å². The maximum atomic E-state index is 11.0. The fourth-order valence-electron chi connectivity index (χ4n) is 2.52. The van der Waals surface area contributed by atoms with Gasteiger partial charge in [0.25, 0.3) is 0 Å². The molecular formula is C16H23NO4. The van der Waals surface area contributed by atoms with Crippen LogP contribution < -0.4 is 9.57 Å². The van der Waals surface area contributed by atoms with Crippen LogP contribution in [0.15, 0.2) is 24.3 Å². The number of ether oxygens (including phenoxy) is 1. The highest BCUT2D eigenvalue weighted by Crippen LogP contribution is 2.26. The van der Waals surface area contributed by atoms with E-state index in [-0.39, 0.29) is 0 Å². The van der Waals surface area contributed by atoms with E-state index in [4.69, 9.17) is 14.7 Å². The number of benzene rings is 1. The van der Waals surface area contributed by atoms with Crippen LogP contribution in [0.2, 0.25) is 0 Å². The van der Waals surface area contributed by atoms with E-state index in [1.807, 2.05) is 19.1 Å². The Morgan fingerprint density at radius 2 is 2.05 bits per heavy atom. The smallest absolute Gasteiger partial charge is 0.440 e. The van der Waals surface area contributed by atoms with E-state index in [1.165, 1.54) is 25.7 Å². The minimum Gasteiger partial charge on any atom is -0.493 e. The first kappa shape index (κ1) is 15.5. The maximum absolute atomic E-state index is 11.0. The lowest BCUT2D eigenvalue weighted by Crippen LogP contribution is -2.33. The molecule has 21 heavy (non-hydrogen) atoms. The summed E-state index contributed by atoms with van der Waals surface area (Å²) < 4.78 is 5.79. The number of carboxylic acid groups (broad SMARTS) is 1. The highest BCUT2D eigenvalue weighted by molar-refractivity contribution is 5.63. The lowest BCUT2D eigenvalue weighted by atomic mass is 10.1. The molecule has 5 nitrogen and oxygen atoms in total. The van der Waals surface area contributed by atoms with Crippen molar-refractivity contribution in [3.8, 4) is 11.5 Å². The zero-order chi connectivity index (χ0) is 15.1. The monoisotopic (exact) mass is 293 g/mol. The SMILES string of the molecule is CCCN(Oc1cccc(OCC2CCCC2)c1)C(=O)O. The fourth-order valence-corrected chi connectivity index (χ4v) is 2.52. The second-order valence-corrected chi connectivity index (χ2v) is 5.41. The van der Waals surface area contributed by atoms with Crippen LogP contribution in [0.4, 0.5) is 4.79 Å². The molecule has 2 rings (SSSR count). The highest BCUT2D eigenvalue weighted by atomic mass is 16.7. The summed E-state index contributed by atoms with van der Waals surface area (Å²) in [6, 6.07) is 7.15. The number of hydroxylamine groups is 2. The van der Waals surface area contributed by atoms with Crippen molar-refractivity contribution in [1.29, 1.82) is 0 Å². The van der Waals surface area contributed by atoms with Crippen molar-refractivity contribution in [2.24, 2.45) is 5.92 Å². The summed E-state index contributed by atoms with van der Waals surface area (Å²) in [6.45, 7) is 2.96. The Labute approximate surface area is 125 Å². The molecule has 116 valence electrons. The highest BCUT2D eigenvalue weighted by Gasteiger charge is 2.16. The Balaban J connectivity index is 1.91. The van der Waals surface area contributed by atoms with Crippen LogP contribution in [0.25, 0.3) is 0 Å². The largest absolute Gasteiger partial charge is 0.493 e. The molecule has 1 aliphatic carbocycles. The van der Waals surface area contributed by atoms with Gasteiger partial charge in [0.1, 0.15) is 5.75 Å². The molecule has 1 N–H and O–H groups in total. The van der Waals surface area contributed by atoms with E-state index < -0.39 is 6.09 Å². The minimum absolute atomic E-state index is 0.336. The predicted molar refractivity (Wildman–Crippen MR) is 79.5 cm³/mol. The number of amides is 1. The Bertz CT molecular complexity index is 457. The summed E-state index contributed by atoms with van der Waals surface area (Å²) in [7, 11) is 0. The molecule has 1 aromatic carbocycles. The van der Waals surface area contributed by atoms with Gasteiger partial charge in [0.15, 0.2) is 5.75 Å². The molecule has 1 fully saturated rings. The normalized spacial score (nSPS) is 14.9. The molecule has 1 aliphatic rings. The Kier molecular flexibility index (Phi) is 5.72. The lowest BCUT2D eigenvalue weighted by molar-refractivity contribution is -0.0357. The van der Waals surface area contributed by atoms with Gasteiger partial charge in [0, 0.05) is 6.07 Å². The van der Waals surface area contributed by atoms with Crippen LogP contribution in [-0.2, 0) is 0 Å². The van der Waals surface area contributed by atoms with Crippen LogP contribution >= 0.6 is 0 Å². The lowest BCUT2D eigenvalue weighted by Gasteiger charge is -2.19. The minimum atomic E-state index is -1.09. The van der Waals surface area contributed by atoms with E-state index >= 15 is 0 Å². The van der Waals surface area contributed by atoms with Crippen LogP contribution in [0.1, 0.15) is 39.0 Å². The molecule has 0 heterocycles. The second-order valence-electron chi connectivity index (χ2n) is 5.41. The van der Waals surface area contributed by atoms with Crippen LogP contribution in [0.5, 0.6) is 11.5 Å². The molecule has 0 unspecified atom stereocenters. The summed E-state index contributed by atoms with van der Waals surface area (Å²) in [5.41, 5.74) is 0. The summed E-state index contributed by atoms with van der Waals surface area (Å²) >= 11 is 0. The van der Waals surface area contributed by atoms with Gasteiger partial charge in [-0.1, -0.05) is 25.8 Å². The van der Waals surface area contributed by atoms with Crippen molar-refractivity contribution in [1.82, 2.24) is 5.06 Å². The molecular weight excluding hydrogens is 270 g/mol. The summed E-state index contributed by atoms with van der Waals surface area (Å²) in [4.78, 5) is 16.4. The Hall–Kier alpha value is -1.91. The van der Waals surface area contributed by atoms with E-state index in [0.29, 0.717) is 24.6 Å². The molecule has 1 aromatic rings. The van der Waals surface area contributed by atoms with E-state index in [0.717, 1.165) is 17.4 Å². The van der Waals surface area contributed by atoms with Gasteiger partial charge in [0.2, 0.25) is 0 Å². The van der Waals surface area contributed by atoms with Gasteiger partial charge in [-0.05, 0) is 37.3 Å². The molecule has 0 saturated heterocycles. The van der Waals surface area contributed by atoms with Crippen LogP contribution in [-0.4, -0.2) is 29.4 Å². The van der Waals surface area contributed by atoms with Gasteiger partial charge in [-0.3, -0.25) is 0 Å². The van der Waals surface area contributed by atoms with Crippen molar-refractivity contribution in [2.45, 2.75) is 39.0 Å². The van der Waals surface area contributed by atoms with Gasteiger partial charge in [-0.25, -0.2) is 4.79 Å². The summed E-state index contributed by atoms with van der Waals surface area (Å²) in [5, 5.41) is 9.99. The van der Waals surface area contributed by atoms with Gasteiger partial charge < -0.3 is 14.7 Å². The third kappa shape index (κ3) is 4.85. The van der Waals surface area contributed by atoms with Crippen LogP contribution in [0, 0.1) is 5.92 Å². The van der Waals surface area contributed by atoms with E-state index in [2.05, 4.69) is 0 Å². The molecule has 0 atom stereocenters. The molecule has 0 aliphatic heterocycles. The molecule has 5 heteroatoms. The van der Waals surface area contributed by atoms with Gasteiger partial charge in [-0.2, -0.15) is 0 Å². The van der Waals surface area contributed by atoms with Crippen LogP contribution in [0.3, 0.4) is 0 Å². The van der Waals surface area contributed by atoms with Gasteiger partial charge in [-0.15, -0.1) is 5.06 Å². The average molecular weight is 293 g/mol. The number of hydrogen-bond acceptors (Lipinski definition) is 3. The van der Waals surface area contributed by atoms with Crippen molar-refractivity contribution in [3.05, 3.63) is 24.3 Å². The Morgan fingerprint density at radius 1 is 1.33 bits per heavy atom. The zero-order valence-corrected chi connectivity index (χ0v) is 12.5. The predicted octanol–water partition coefficient (Wildman–Crippen LogP) is 3.94. The summed E-state index contributed by atoms with van der Waals surface area (Å²) in [5.74, 6) is 1.85. The van der Waals surface area contributed by atoms with Gasteiger partial charge in [0.05, 0.1) is 13.2 Å². The third-order valence-corrected chi connectivity index (χ3v) is 3.62. The first-order valence-electron chi connectivity index (χ1n) is 7.60. The first-order chi connectivity index (χ1) is 10.2. The quantitative estimate of drug-likeness (QED) is 0.774. The molecule has 0 bridgehead atoms. The van der Waals surface area contributed by atoms with Gasteiger partial charge >= 0.3 is 6.09 Å². The van der Waals surface area contributed by atoms with Crippen molar-refractivity contribution in [2.75, 3.05) is 13.2 Å². The van der Waals surface area contributed by atoms with Crippen molar-refractivity contribution >= 4 is 6.09 Å². The number of carbonyl (C=O) groups is 1. The van der Waals surface area contributed by atoms with Crippen molar-refractivity contribution in [3.63, 3.8) is 0 Å². The summed E-state index contributed by atoms with van der Waals surface area (Å²) in [6.07, 6.45) is 4.67. The number of rotatable bonds is 7. The molecule has 0 aromatic heterocycles. The fraction of sp³-hybridized carbons (Fsp3) is 0.562. The molecule has 1 saturated carbocycles. The molecule has 0 spiro atoms. The molecule has 1 amide bonds. The third-order valence-electron chi connectivity index (χ3n) is 3.62. The zero-order valence-electron chi connectivity index (χ0n) is 12.5. The molecule has 0 radical (unpaired) electrons. The standard InChI is InChI=1S/C16H23NO4/c1-2-10-17(16(18)19)21-15-9-5-8-14(11-15)20-12-13-6-3-4-7-13/h5,8-9,11,13H,2-4,6-7,10,12H2,1H3,(H,18,19). The number of nitrogens with zero attached hydrogens (tertiary/aromatic N) is 1. The van der Waals surface area contributed by atoms with E-state index in [9.17, 15) is 4.79 Å². The first-order valence-corrected chi connectivity index (χ1v) is 7.60. The second kappa shape index (κ2) is 7.76. The average Bonchev–Trinajstić information content (AvgIpc) is 2.98. The van der Waals surface area contributed by atoms with E-state index in [1.54, 1.807) is 12.1 Å².